The molecule has 5 heteroatoms. The molecule has 0 fully saturated rings. The van der Waals surface area contributed by atoms with Gasteiger partial charge in [0.05, 0.1) is 0 Å². The van der Waals surface area contributed by atoms with E-state index in [1.165, 1.54) is 12.1 Å². The van der Waals surface area contributed by atoms with Gasteiger partial charge in [-0.2, -0.15) is 8.42 Å². The highest BCUT2D eigenvalue weighted by molar-refractivity contribution is 7.73. The zero-order valence-corrected chi connectivity index (χ0v) is 8.14. The van der Waals surface area contributed by atoms with E-state index < -0.39 is 21.9 Å². The van der Waals surface area contributed by atoms with Gasteiger partial charge >= 0.3 is 0 Å². The number of ketones is 1. The Morgan fingerprint density at radius 3 is 2.57 bits per heavy atom. The lowest BCUT2D eigenvalue weighted by atomic mass is 10.1. The average molecular weight is 214 g/mol. The minimum atomic E-state index is -2.56. The normalized spacial score (nSPS) is 9.57. The summed E-state index contributed by atoms with van der Waals surface area (Å²) in [5.41, 5.74) is 0.432. The van der Waals surface area contributed by atoms with Gasteiger partial charge in [0.2, 0.25) is 16.1 Å². The van der Waals surface area contributed by atoms with Crippen molar-refractivity contribution >= 4 is 21.4 Å². The second-order valence-corrected chi connectivity index (χ2v) is 3.46. The van der Waals surface area contributed by atoms with Crippen molar-refractivity contribution in [3.05, 3.63) is 35.1 Å². The fraction of sp³-hybridized carbons (Fsp3) is 0.111. The van der Waals surface area contributed by atoms with Crippen molar-refractivity contribution < 1.29 is 17.6 Å². The van der Waals surface area contributed by atoms with Gasteiger partial charge in [0.1, 0.15) is 11.2 Å². The third kappa shape index (κ3) is 2.50. The van der Waals surface area contributed by atoms with E-state index in [0.717, 1.165) is 6.07 Å². The topological polar surface area (TPSA) is 51.2 Å². The van der Waals surface area contributed by atoms with Crippen molar-refractivity contribution in [2.24, 2.45) is 0 Å². The highest BCUT2D eigenvalue weighted by Crippen LogP contribution is 2.08. The quantitative estimate of drug-likeness (QED) is 0.545. The molecule has 0 saturated heterocycles. The van der Waals surface area contributed by atoms with Crippen molar-refractivity contribution in [2.45, 2.75) is 6.92 Å². The molecule has 0 N–H and O–H groups in total. The molecule has 1 aromatic carbocycles. The van der Waals surface area contributed by atoms with E-state index >= 15 is 0 Å². The number of carbonyl (C=O) groups is 1. The molecule has 0 radical (unpaired) electrons. The molecule has 74 valence electrons. The van der Waals surface area contributed by atoms with E-state index in [1.807, 2.05) is 0 Å². The molecule has 0 saturated carbocycles. The summed E-state index contributed by atoms with van der Waals surface area (Å²) < 4.78 is 33.3. The molecule has 0 heterocycles. The zero-order chi connectivity index (χ0) is 10.7. The van der Waals surface area contributed by atoms with Gasteiger partial charge < -0.3 is 0 Å². The Kier molecular flexibility index (Phi) is 3.14. The summed E-state index contributed by atoms with van der Waals surface area (Å²) in [6, 6.07) is 3.81. The highest BCUT2D eigenvalue weighted by Gasteiger charge is 2.05. The summed E-state index contributed by atoms with van der Waals surface area (Å²) in [5, 5.41) is 0.504. The van der Waals surface area contributed by atoms with E-state index in [4.69, 9.17) is 0 Å². The number of rotatable bonds is 2. The average Bonchev–Trinajstić information content (AvgIpc) is 2.08. The van der Waals surface area contributed by atoms with Crippen LogP contribution in [0.3, 0.4) is 0 Å². The van der Waals surface area contributed by atoms with Gasteiger partial charge in [0, 0.05) is 5.56 Å². The van der Waals surface area contributed by atoms with Crippen LogP contribution >= 0.6 is 0 Å². The summed E-state index contributed by atoms with van der Waals surface area (Å²) in [6.07, 6.45) is 0. The number of hydrogen-bond donors (Lipinski definition) is 0. The first-order valence-corrected chi connectivity index (χ1v) is 4.88. The lowest BCUT2D eigenvalue weighted by molar-refractivity contribution is 0.107. The first-order chi connectivity index (χ1) is 6.50. The number of Topliss-reactive ketones (excluding diaryl/α,β-unsaturated/α-hetero) is 1. The third-order valence-corrected chi connectivity index (χ3v) is 2.07. The molecule has 0 bridgehead atoms. The molecule has 1 aromatic rings. The standard InChI is InChI=1S/C9H7FO3S/c1-6-2-3-7(4-8(6)10)9(11)5-14(12)13/h2-5H,1H3. The maximum atomic E-state index is 13.0. The van der Waals surface area contributed by atoms with Crippen LogP contribution in [-0.4, -0.2) is 19.6 Å². The number of benzene rings is 1. The van der Waals surface area contributed by atoms with Crippen LogP contribution in [0.1, 0.15) is 15.9 Å². The predicted octanol–water partition coefficient (Wildman–Crippen LogP) is 0.998. The lowest BCUT2D eigenvalue weighted by Gasteiger charge is -1.97. The minimum Gasteiger partial charge on any atom is -0.288 e. The summed E-state index contributed by atoms with van der Waals surface area (Å²) in [5.74, 6) is -1.25. The first kappa shape index (κ1) is 10.6. The van der Waals surface area contributed by atoms with Gasteiger partial charge in [-0.3, -0.25) is 4.79 Å². The Morgan fingerprint density at radius 2 is 2.07 bits per heavy atom. The number of aryl methyl sites for hydroxylation is 1. The third-order valence-electron chi connectivity index (χ3n) is 1.66. The second kappa shape index (κ2) is 4.15. The molecule has 0 aromatic heterocycles. The Morgan fingerprint density at radius 1 is 1.43 bits per heavy atom. The van der Waals surface area contributed by atoms with E-state index in [-0.39, 0.29) is 5.56 Å². The van der Waals surface area contributed by atoms with Crippen LogP contribution in [0.4, 0.5) is 4.39 Å². The molecule has 0 aliphatic carbocycles. The zero-order valence-electron chi connectivity index (χ0n) is 7.32. The molecule has 0 aliphatic heterocycles. The summed E-state index contributed by atoms with van der Waals surface area (Å²) in [6.45, 7) is 1.55. The van der Waals surface area contributed by atoms with Gasteiger partial charge in [0.15, 0.2) is 0 Å². The SMILES string of the molecule is Cc1ccc(C(=O)C=S(=O)=O)cc1F. The van der Waals surface area contributed by atoms with Crippen molar-refractivity contribution in [3.63, 3.8) is 0 Å². The van der Waals surface area contributed by atoms with Gasteiger partial charge in [-0.25, -0.2) is 4.39 Å². The van der Waals surface area contributed by atoms with Crippen molar-refractivity contribution in [3.8, 4) is 0 Å². The Hall–Kier alpha value is -1.49. The maximum absolute atomic E-state index is 13.0. The van der Waals surface area contributed by atoms with E-state index in [9.17, 15) is 17.6 Å². The van der Waals surface area contributed by atoms with E-state index in [1.54, 1.807) is 6.92 Å². The molecule has 0 spiro atoms. The Labute approximate surface area is 81.7 Å². The molecular formula is C9H7FO3S. The molecule has 1 rings (SSSR count). The fourth-order valence-corrected chi connectivity index (χ4v) is 1.21. The molecule has 0 amide bonds. The van der Waals surface area contributed by atoms with E-state index in [2.05, 4.69) is 0 Å². The summed E-state index contributed by atoms with van der Waals surface area (Å²) in [7, 11) is -2.56. The van der Waals surface area contributed by atoms with Crippen LogP contribution in [0.25, 0.3) is 0 Å². The number of carbonyl (C=O) groups excluding carboxylic acids is 1. The fourth-order valence-electron chi connectivity index (χ4n) is 0.902. The van der Waals surface area contributed by atoms with Crippen LogP contribution < -0.4 is 0 Å². The minimum absolute atomic E-state index is 0.0253. The molecule has 0 atom stereocenters. The van der Waals surface area contributed by atoms with Crippen LogP contribution in [-0.2, 0) is 10.3 Å². The number of hydrogen-bond acceptors (Lipinski definition) is 3. The Bertz CT molecular complexity index is 495. The van der Waals surface area contributed by atoms with E-state index in [0.29, 0.717) is 10.9 Å². The molecular weight excluding hydrogens is 207 g/mol. The highest BCUT2D eigenvalue weighted by atomic mass is 32.2. The van der Waals surface area contributed by atoms with Crippen LogP contribution in [0.5, 0.6) is 0 Å². The summed E-state index contributed by atoms with van der Waals surface area (Å²) >= 11 is 0. The summed E-state index contributed by atoms with van der Waals surface area (Å²) in [4.78, 5) is 11.1. The molecule has 0 unspecified atom stereocenters. The molecule has 3 nitrogen and oxygen atoms in total. The molecule has 14 heavy (non-hydrogen) atoms. The largest absolute Gasteiger partial charge is 0.288 e. The van der Waals surface area contributed by atoms with Crippen LogP contribution in [0, 0.1) is 12.7 Å². The maximum Gasteiger partial charge on any atom is 0.218 e. The lowest BCUT2D eigenvalue weighted by Crippen LogP contribution is -2.01. The Balaban J connectivity index is 3.16. The monoisotopic (exact) mass is 214 g/mol. The van der Waals surface area contributed by atoms with Crippen LogP contribution in [0.2, 0.25) is 0 Å². The van der Waals surface area contributed by atoms with Gasteiger partial charge in [0.25, 0.3) is 0 Å². The van der Waals surface area contributed by atoms with Gasteiger partial charge in [-0.1, -0.05) is 12.1 Å². The second-order valence-electron chi connectivity index (χ2n) is 2.71. The first-order valence-electron chi connectivity index (χ1n) is 3.74. The molecule has 0 aliphatic rings. The van der Waals surface area contributed by atoms with Crippen molar-refractivity contribution in [1.82, 2.24) is 0 Å². The smallest absolute Gasteiger partial charge is 0.218 e. The van der Waals surface area contributed by atoms with Crippen molar-refractivity contribution in [1.29, 1.82) is 0 Å². The van der Waals surface area contributed by atoms with Crippen molar-refractivity contribution in [2.75, 3.05) is 0 Å². The predicted molar refractivity (Wildman–Crippen MR) is 50.5 cm³/mol. The van der Waals surface area contributed by atoms with Gasteiger partial charge in [-0.05, 0) is 18.6 Å². The number of halogens is 1. The van der Waals surface area contributed by atoms with Crippen LogP contribution in [0.15, 0.2) is 18.2 Å². The van der Waals surface area contributed by atoms with Gasteiger partial charge in [-0.15, -0.1) is 0 Å².